The Bertz CT molecular complexity index is 631. The molecule has 2 rings (SSSR count). The van der Waals surface area contributed by atoms with E-state index in [0.717, 1.165) is 17.9 Å². The number of halogens is 2. The van der Waals surface area contributed by atoms with Crippen LogP contribution in [0.2, 0.25) is 5.02 Å². The molecule has 0 atom stereocenters. The first-order valence-corrected chi connectivity index (χ1v) is 6.70. The lowest BCUT2D eigenvalue weighted by Crippen LogP contribution is -2.08. The number of nitrogens with one attached hydrogen (secondary N) is 2. The second-order valence-corrected chi connectivity index (χ2v) is 4.78. The van der Waals surface area contributed by atoms with Crippen LogP contribution in [0.25, 0.3) is 0 Å². The Morgan fingerprint density at radius 2 is 1.90 bits per heavy atom. The molecule has 4 nitrogen and oxygen atoms in total. The van der Waals surface area contributed by atoms with Crippen LogP contribution in [-0.4, -0.2) is 16.5 Å². The fourth-order valence-electron chi connectivity index (χ4n) is 1.81. The fourth-order valence-corrected chi connectivity index (χ4v) is 1.98. The lowest BCUT2D eigenvalue weighted by molar-refractivity contribution is 0.628. The molecule has 0 fully saturated rings. The number of benzene rings is 1. The largest absolute Gasteiger partial charge is 0.370 e. The second kappa shape index (κ2) is 6.05. The molecule has 0 radical (unpaired) electrons. The molecule has 2 aromatic rings. The van der Waals surface area contributed by atoms with Crippen molar-refractivity contribution in [3.8, 4) is 0 Å². The van der Waals surface area contributed by atoms with Crippen molar-refractivity contribution in [1.29, 1.82) is 0 Å². The smallest absolute Gasteiger partial charge is 0.139 e. The third-order valence-corrected chi connectivity index (χ3v) is 3.11. The molecule has 2 N–H and O–H groups in total. The Labute approximate surface area is 122 Å². The van der Waals surface area contributed by atoms with Crippen molar-refractivity contribution in [1.82, 2.24) is 9.97 Å². The summed E-state index contributed by atoms with van der Waals surface area (Å²) in [4.78, 5) is 8.67. The van der Waals surface area contributed by atoms with Gasteiger partial charge in [0.25, 0.3) is 0 Å². The van der Waals surface area contributed by atoms with E-state index in [-0.39, 0.29) is 5.82 Å². The fraction of sp³-hybridized carbons (Fsp3) is 0.286. The molecule has 0 amide bonds. The van der Waals surface area contributed by atoms with Gasteiger partial charge in [0.05, 0.1) is 10.7 Å². The maximum atomic E-state index is 13.3. The van der Waals surface area contributed by atoms with Gasteiger partial charge >= 0.3 is 0 Å². The van der Waals surface area contributed by atoms with Crippen molar-refractivity contribution < 1.29 is 4.39 Å². The van der Waals surface area contributed by atoms with Crippen molar-refractivity contribution >= 4 is 28.9 Å². The van der Waals surface area contributed by atoms with Crippen molar-refractivity contribution in [3.05, 3.63) is 40.4 Å². The zero-order chi connectivity index (χ0) is 14.7. The Morgan fingerprint density at radius 1 is 1.20 bits per heavy atom. The van der Waals surface area contributed by atoms with Gasteiger partial charge in [0.2, 0.25) is 0 Å². The van der Waals surface area contributed by atoms with Crippen molar-refractivity contribution in [2.24, 2.45) is 0 Å². The van der Waals surface area contributed by atoms with E-state index in [2.05, 4.69) is 20.6 Å². The van der Waals surface area contributed by atoms with Crippen LogP contribution in [0.4, 0.5) is 21.7 Å². The monoisotopic (exact) mass is 294 g/mol. The minimum atomic E-state index is -0.354. The first-order chi connectivity index (χ1) is 9.51. The number of hydrogen-bond acceptors (Lipinski definition) is 4. The van der Waals surface area contributed by atoms with Gasteiger partial charge in [-0.15, -0.1) is 0 Å². The number of hydrogen-bond donors (Lipinski definition) is 2. The van der Waals surface area contributed by atoms with Crippen LogP contribution in [0, 0.1) is 19.7 Å². The van der Waals surface area contributed by atoms with Gasteiger partial charge in [-0.1, -0.05) is 11.6 Å². The average Bonchev–Trinajstić information content (AvgIpc) is 2.39. The number of aryl methyl sites for hydroxylation is 1. The zero-order valence-electron chi connectivity index (χ0n) is 11.6. The molecule has 1 heterocycles. The van der Waals surface area contributed by atoms with Crippen LogP contribution in [0.1, 0.15) is 18.3 Å². The summed E-state index contributed by atoms with van der Waals surface area (Å²) in [6.07, 6.45) is 0. The van der Waals surface area contributed by atoms with Gasteiger partial charge in [-0.25, -0.2) is 14.4 Å². The van der Waals surface area contributed by atoms with Crippen LogP contribution in [-0.2, 0) is 0 Å². The van der Waals surface area contributed by atoms with Crippen LogP contribution >= 0.6 is 11.6 Å². The first-order valence-electron chi connectivity index (χ1n) is 6.32. The molecule has 0 saturated heterocycles. The summed E-state index contributed by atoms with van der Waals surface area (Å²) >= 11 is 6.05. The summed E-state index contributed by atoms with van der Waals surface area (Å²) < 4.78 is 13.3. The topological polar surface area (TPSA) is 49.8 Å². The lowest BCUT2D eigenvalue weighted by atomic mass is 10.2. The van der Waals surface area contributed by atoms with E-state index in [9.17, 15) is 4.39 Å². The Balaban J connectivity index is 2.40. The molecule has 0 unspecified atom stereocenters. The predicted octanol–water partition coefficient (Wildman–Crippen LogP) is 4.06. The third-order valence-electron chi connectivity index (χ3n) is 2.78. The minimum absolute atomic E-state index is 0.354. The van der Waals surface area contributed by atoms with E-state index in [1.54, 1.807) is 6.92 Å². The predicted molar refractivity (Wildman–Crippen MR) is 80.4 cm³/mol. The molecule has 0 saturated carbocycles. The van der Waals surface area contributed by atoms with Gasteiger partial charge in [-0.05, 0) is 39.0 Å². The van der Waals surface area contributed by atoms with Gasteiger partial charge in [-0.2, -0.15) is 0 Å². The number of anilines is 3. The number of aromatic nitrogens is 2. The van der Waals surface area contributed by atoms with E-state index < -0.39 is 0 Å². The van der Waals surface area contributed by atoms with Gasteiger partial charge in [0, 0.05) is 12.1 Å². The highest BCUT2D eigenvalue weighted by Crippen LogP contribution is 2.28. The van der Waals surface area contributed by atoms with Gasteiger partial charge in [0.15, 0.2) is 0 Å². The molecule has 20 heavy (non-hydrogen) atoms. The summed E-state index contributed by atoms with van der Waals surface area (Å²) in [5.41, 5.74) is 1.34. The van der Waals surface area contributed by atoms with E-state index in [1.165, 1.54) is 18.2 Å². The number of nitrogens with zero attached hydrogens (tertiary/aromatic N) is 2. The second-order valence-electron chi connectivity index (χ2n) is 4.37. The van der Waals surface area contributed by atoms with Crippen LogP contribution < -0.4 is 10.6 Å². The van der Waals surface area contributed by atoms with Crippen molar-refractivity contribution in [2.75, 3.05) is 17.2 Å². The molecule has 6 heteroatoms. The normalized spacial score (nSPS) is 10.4. The van der Waals surface area contributed by atoms with Crippen LogP contribution in [0.5, 0.6) is 0 Å². The third kappa shape index (κ3) is 3.17. The summed E-state index contributed by atoms with van der Waals surface area (Å²) in [5, 5.41) is 6.67. The van der Waals surface area contributed by atoms with Crippen molar-refractivity contribution in [3.63, 3.8) is 0 Å². The Kier molecular flexibility index (Phi) is 4.39. The van der Waals surface area contributed by atoms with E-state index in [4.69, 9.17) is 11.6 Å². The van der Waals surface area contributed by atoms with Gasteiger partial charge in [-0.3, -0.25) is 0 Å². The van der Waals surface area contributed by atoms with Crippen molar-refractivity contribution in [2.45, 2.75) is 20.8 Å². The molecule has 106 valence electrons. The van der Waals surface area contributed by atoms with Gasteiger partial charge < -0.3 is 10.6 Å². The van der Waals surface area contributed by atoms with Gasteiger partial charge in [0.1, 0.15) is 23.3 Å². The molecule has 1 aromatic carbocycles. The van der Waals surface area contributed by atoms with E-state index in [1.807, 2.05) is 13.8 Å². The highest BCUT2D eigenvalue weighted by atomic mass is 35.5. The molecule has 0 aliphatic carbocycles. The van der Waals surface area contributed by atoms with Crippen LogP contribution in [0.15, 0.2) is 18.2 Å². The molecule has 0 aliphatic rings. The summed E-state index contributed by atoms with van der Waals surface area (Å²) in [6.45, 7) is 6.45. The molecule has 0 spiro atoms. The zero-order valence-corrected chi connectivity index (χ0v) is 12.3. The Hall–Kier alpha value is -1.88. The van der Waals surface area contributed by atoms with E-state index in [0.29, 0.717) is 22.4 Å². The lowest BCUT2D eigenvalue weighted by Gasteiger charge is -2.14. The molecular formula is C14H16ClFN4. The van der Waals surface area contributed by atoms with Crippen LogP contribution in [0.3, 0.4) is 0 Å². The molecular weight excluding hydrogens is 279 g/mol. The summed E-state index contributed by atoms with van der Waals surface area (Å²) in [5.74, 6) is 1.64. The maximum Gasteiger partial charge on any atom is 0.139 e. The highest BCUT2D eigenvalue weighted by molar-refractivity contribution is 6.33. The Morgan fingerprint density at radius 3 is 2.60 bits per heavy atom. The molecule has 1 aromatic heterocycles. The highest BCUT2D eigenvalue weighted by Gasteiger charge is 2.10. The minimum Gasteiger partial charge on any atom is -0.370 e. The first kappa shape index (κ1) is 14.5. The van der Waals surface area contributed by atoms with E-state index >= 15 is 0 Å². The summed E-state index contributed by atoms with van der Waals surface area (Å²) in [6, 6.07) is 4.16. The SMILES string of the molecule is CCNc1nc(C)nc(Nc2cc(F)ccc2Cl)c1C. The molecule has 0 bridgehead atoms. The molecule has 0 aliphatic heterocycles. The number of rotatable bonds is 4. The maximum absolute atomic E-state index is 13.3. The standard InChI is InChI=1S/C14H16ClFN4/c1-4-17-13-8(2)14(19-9(3)18-13)20-12-7-10(16)5-6-11(12)15/h5-7H,4H2,1-3H3,(H2,17,18,19,20). The quantitative estimate of drug-likeness (QED) is 0.893. The summed E-state index contributed by atoms with van der Waals surface area (Å²) in [7, 11) is 0. The average molecular weight is 295 g/mol.